The highest BCUT2D eigenvalue weighted by atomic mass is 32.2. The van der Waals surface area contributed by atoms with Crippen LogP contribution in [0.3, 0.4) is 0 Å². The van der Waals surface area contributed by atoms with Crippen LogP contribution >= 0.6 is 11.8 Å². The van der Waals surface area contributed by atoms with Gasteiger partial charge in [-0.2, -0.15) is 0 Å². The standard InChI is InChI=1S/C31H38N4O2S/c1-23-18-24(2)20-26(19-23)22-38-31-34-33-29(35(31)27-12-9-13-28(21-27)37-3)14-7-8-15-30(36)32-17-16-25-10-5-4-6-11-25/h4-6,9-13,18-21,30,32,36H,7-8,14-17,22H2,1-3H3. The average molecular weight is 531 g/mol. The molecule has 4 rings (SSSR count). The van der Waals surface area contributed by atoms with Crippen molar-refractivity contribution in [2.75, 3.05) is 13.7 Å². The number of hydrogen-bond acceptors (Lipinski definition) is 6. The maximum atomic E-state index is 10.4. The van der Waals surface area contributed by atoms with Crippen LogP contribution < -0.4 is 10.1 Å². The van der Waals surface area contributed by atoms with Gasteiger partial charge in [-0.25, -0.2) is 0 Å². The number of methoxy groups -OCH3 is 1. The first-order chi connectivity index (χ1) is 18.5. The zero-order valence-corrected chi connectivity index (χ0v) is 23.4. The summed E-state index contributed by atoms with van der Waals surface area (Å²) in [5, 5.41) is 23.6. The Morgan fingerprint density at radius 2 is 1.68 bits per heavy atom. The number of nitrogens with zero attached hydrogens (tertiary/aromatic N) is 3. The molecule has 200 valence electrons. The largest absolute Gasteiger partial charge is 0.497 e. The van der Waals surface area contributed by atoms with Gasteiger partial charge in [-0.3, -0.25) is 9.88 Å². The number of rotatable bonds is 14. The summed E-state index contributed by atoms with van der Waals surface area (Å²) in [4.78, 5) is 0. The first-order valence-electron chi connectivity index (χ1n) is 13.3. The van der Waals surface area contributed by atoms with E-state index in [0.29, 0.717) is 6.42 Å². The SMILES string of the molecule is COc1cccc(-n2c(CCCCC(O)NCCc3ccccc3)nnc2SCc2cc(C)cc(C)c2)c1. The highest BCUT2D eigenvalue weighted by Crippen LogP contribution is 2.28. The quantitative estimate of drug-likeness (QED) is 0.118. The number of unbranched alkanes of at least 4 members (excludes halogenated alkanes) is 1. The predicted molar refractivity (Wildman–Crippen MR) is 155 cm³/mol. The van der Waals surface area contributed by atoms with E-state index in [2.05, 4.69) is 70.3 Å². The molecule has 0 fully saturated rings. The number of ether oxygens (including phenoxy) is 1. The van der Waals surface area contributed by atoms with Gasteiger partial charge in [0.25, 0.3) is 0 Å². The average Bonchev–Trinajstić information content (AvgIpc) is 3.33. The van der Waals surface area contributed by atoms with Gasteiger partial charge in [-0.15, -0.1) is 10.2 Å². The van der Waals surface area contributed by atoms with Crippen LogP contribution in [0.15, 0.2) is 78.0 Å². The molecule has 0 saturated carbocycles. The van der Waals surface area contributed by atoms with Crippen LogP contribution in [0.4, 0.5) is 0 Å². The molecule has 0 amide bonds. The molecular weight excluding hydrogens is 492 g/mol. The smallest absolute Gasteiger partial charge is 0.196 e. The maximum Gasteiger partial charge on any atom is 0.196 e. The monoisotopic (exact) mass is 530 g/mol. The Morgan fingerprint density at radius 3 is 2.45 bits per heavy atom. The van der Waals surface area contributed by atoms with Crippen molar-refractivity contribution in [2.24, 2.45) is 0 Å². The van der Waals surface area contributed by atoms with E-state index in [9.17, 15) is 5.11 Å². The Labute approximate surface area is 230 Å². The lowest BCUT2D eigenvalue weighted by molar-refractivity contribution is 0.125. The van der Waals surface area contributed by atoms with Gasteiger partial charge in [0.15, 0.2) is 5.16 Å². The molecule has 7 heteroatoms. The zero-order chi connectivity index (χ0) is 26.7. The lowest BCUT2D eigenvalue weighted by atomic mass is 10.1. The van der Waals surface area contributed by atoms with Crippen LogP contribution in [0.1, 0.15) is 47.3 Å². The number of aliphatic hydroxyl groups is 1. The number of aryl methyl sites for hydroxylation is 3. The first kappa shape index (κ1) is 27.9. The molecule has 1 heterocycles. The van der Waals surface area contributed by atoms with Crippen molar-refractivity contribution in [2.45, 2.75) is 63.1 Å². The molecule has 2 N–H and O–H groups in total. The topological polar surface area (TPSA) is 72.2 Å². The van der Waals surface area contributed by atoms with Gasteiger partial charge in [0.2, 0.25) is 0 Å². The molecule has 0 spiro atoms. The predicted octanol–water partition coefficient (Wildman–Crippen LogP) is 6.05. The van der Waals surface area contributed by atoms with Crippen molar-refractivity contribution in [1.82, 2.24) is 20.1 Å². The Kier molecular flexibility index (Phi) is 10.4. The van der Waals surface area contributed by atoms with E-state index >= 15 is 0 Å². The highest BCUT2D eigenvalue weighted by Gasteiger charge is 2.16. The third-order valence-electron chi connectivity index (χ3n) is 6.43. The maximum absolute atomic E-state index is 10.4. The molecule has 1 unspecified atom stereocenters. The number of hydrogen-bond donors (Lipinski definition) is 2. The third kappa shape index (κ3) is 8.18. The number of benzene rings is 3. The Morgan fingerprint density at radius 1 is 0.895 bits per heavy atom. The van der Waals surface area contributed by atoms with Gasteiger partial charge in [0.1, 0.15) is 17.8 Å². The van der Waals surface area contributed by atoms with Gasteiger partial charge in [0.05, 0.1) is 12.8 Å². The summed E-state index contributed by atoms with van der Waals surface area (Å²) in [6.07, 6.45) is 3.71. The van der Waals surface area contributed by atoms with Gasteiger partial charge < -0.3 is 9.84 Å². The van der Waals surface area contributed by atoms with Crippen LogP contribution in [0, 0.1) is 13.8 Å². The fourth-order valence-corrected chi connectivity index (χ4v) is 5.52. The summed E-state index contributed by atoms with van der Waals surface area (Å²) in [5.74, 6) is 2.55. The van der Waals surface area contributed by atoms with Crippen LogP contribution in [-0.2, 0) is 18.6 Å². The van der Waals surface area contributed by atoms with E-state index < -0.39 is 6.23 Å². The van der Waals surface area contributed by atoms with E-state index in [1.54, 1.807) is 18.9 Å². The van der Waals surface area contributed by atoms with Gasteiger partial charge >= 0.3 is 0 Å². The van der Waals surface area contributed by atoms with Crippen LogP contribution in [-0.4, -0.2) is 39.8 Å². The molecule has 0 radical (unpaired) electrons. The molecule has 0 bridgehead atoms. The molecule has 0 aliphatic rings. The lowest BCUT2D eigenvalue weighted by Gasteiger charge is -2.14. The lowest BCUT2D eigenvalue weighted by Crippen LogP contribution is -2.30. The van der Waals surface area contributed by atoms with Gasteiger partial charge in [-0.1, -0.05) is 77.5 Å². The molecule has 38 heavy (non-hydrogen) atoms. The van der Waals surface area contributed by atoms with Gasteiger partial charge in [0, 0.05) is 24.8 Å². The summed E-state index contributed by atoms with van der Waals surface area (Å²) < 4.78 is 7.62. The molecule has 4 aromatic rings. The van der Waals surface area contributed by atoms with E-state index in [-0.39, 0.29) is 0 Å². The molecular formula is C31H38N4O2S. The van der Waals surface area contributed by atoms with E-state index in [0.717, 1.165) is 60.4 Å². The van der Waals surface area contributed by atoms with Crippen LogP contribution in [0.25, 0.3) is 5.69 Å². The van der Waals surface area contributed by atoms with Gasteiger partial charge in [-0.05, 0) is 62.8 Å². The second-order valence-electron chi connectivity index (χ2n) is 9.67. The second kappa shape index (κ2) is 14.1. The summed E-state index contributed by atoms with van der Waals surface area (Å²) in [6.45, 7) is 5.03. The van der Waals surface area contributed by atoms with Crippen LogP contribution in [0.2, 0.25) is 0 Å². The summed E-state index contributed by atoms with van der Waals surface area (Å²) in [5.41, 5.74) is 6.09. The van der Waals surface area contributed by atoms with Crippen molar-refractivity contribution >= 4 is 11.8 Å². The Hall–Kier alpha value is -3.13. The third-order valence-corrected chi connectivity index (χ3v) is 7.43. The zero-order valence-electron chi connectivity index (χ0n) is 22.6. The van der Waals surface area contributed by atoms with Crippen molar-refractivity contribution in [1.29, 1.82) is 0 Å². The minimum Gasteiger partial charge on any atom is -0.497 e. The molecule has 0 saturated heterocycles. The molecule has 0 aliphatic heterocycles. The fourth-order valence-electron chi connectivity index (χ4n) is 4.62. The van der Waals surface area contributed by atoms with E-state index in [1.165, 1.54) is 22.3 Å². The highest BCUT2D eigenvalue weighted by molar-refractivity contribution is 7.98. The van der Waals surface area contributed by atoms with Crippen molar-refractivity contribution in [3.8, 4) is 11.4 Å². The van der Waals surface area contributed by atoms with Crippen molar-refractivity contribution in [3.63, 3.8) is 0 Å². The number of nitrogens with one attached hydrogen (secondary N) is 1. The van der Waals surface area contributed by atoms with E-state index in [4.69, 9.17) is 4.74 Å². The number of thioether (sulfide) groups is 1. The Balaban J connectivity index is 1.36. The van der Waals surface area contributed by atoms with Crippen molar-refractivity contribution in [3.05, 3.63) is 101 Å². The fraction of sp³-hybridized carbons (Fsp3) is 0.355. The summed E-state index contributed by atoms with van der Waals surface area (Å²) in [6, 6.07) is 25.0. The number of aliphatic hydroxyl groups excluding tert-OH is 1. The summed E-state index contributed by atoms with van der Waals surface area (Å²) in [7, 11) is 1.68. The normalized spacial score (nSPS) is 12.0. The molecule has 1 atom stereocenters. The van der Waals surface area contributed by atoms with Crippen LogP contribution in [0.5, 0.6) is 5.75 Å². The Bertz CT molecular complexity index is 1270. The minimum absolute atomic E-state index is 0.501. The molecule has 6 nitrogen and oxygen atoms in total. The molecule has 1 aromatic heterocycles. The molecule has 3 aromatic carbocycles. The molecule has 0 aliphatic carbocycles. The second-order valence-corrected chi connectivity index (χ2v) is 10.6. The van der Waals surface area contributed by atoms with Crippen molar-refractivity contribution < 1.29 is 9.84 Å². The van der Waals surface area contributed by atoms with E-state index in [1.807, 2.05) is 36.4 Å². The number of aromatic nitrogens is 3. The first-order valence-corrected chi connectivity index (χ1v) is 14.2. The summed E-state index contributed by atoms with van der Waals surface area (Å²) >= 11 is 1.70. The minimum atomic E-state index is -0.501.